The lowest BCUT2D eigenvalue weighted by Gasteiger charge is -2.21. The second kappa shape index (κ2) is 2.99. The monoisotopic (exact) mass is 192 g/mol. The summed E-state index contributed by atoms with van der Waals surface area (Å²) in [6.45, 7) is 0.338. The zero-order valence-corrected chi connectivity index (χ0v) is 6.27. The lowest BCUT2D eigenvalue weighted by Crippen LogP contribution is -2.38. The van der Waals surface area contributed by atoms with Crippen molar-refractivity contribution in [1.29, 1.82) is 0 Å². The van der Waals surface area contributed by atoms with Gasteiger partial charge in [-0.2, -0.15) is 13.2 Å². The van der Waals surface area contributed by atoms with Crippen molar-refractivity contribution in [2.45, 2.75) is 25.7 Å². The van der Waals surface area contributed by atoms with Crippen molar-refractivity contribution in [2.75, 3.05) is 0 Å². The normalized spacial score (nSPS) is 20.0. The van der Waals surface area contributed by atoms with Crippen LogP contribution in [0.5, 0.6) is 0 Å². The fraction of sp³-hybridized carbons (Fsp3) is 0.667. The lowest BCUT2D eigenvalue weighted by molar-refractivity contribution is -0.215. The van der Waals surface area contributed by atoms with Gasteiger partial charge in [-0.1, -0.05) is 0 Å². The van der Waals surface area contributed by atoms with E-state index >= 15 is 0 Å². The fourth-order valence-corrected chi connectivity index (χ4v) is 0.448. The molecule has 72 valence electrons. The maximum Gasteiger partial charge on any atom is 0.428 e. The Labute approximate surface area is 64.9 Å². The molecule has 0 fully saturated rings. The van der Waals surface area contributed by atoms with Gasteiger partial charge in [0.2, 0.25) is 0 Å². The Balaban J connectivity index is 5.01. The number of hydrogen-bond donors (Lipinski definition) is 0. The first-order chi connectivity index (χ1) is 5.10. The maximum absolute atomic E-state index is 12.4. The van der Waals surface area contributed by atoms with Crippen molar-refractivity contribution < 1.29 is 26.3 Å². The van der Waals surface area contributed by atoms with Gasteiger partial charge < -0.3 is 0 Å². The van der Waals surface area contributed by atoms with Gasteiger partial charge >= 0.3 is 6.18 Å². The smallest absolute Gasteiger partial charge is 0.226 e. The SMILES string of the molecule is C/C(F)=C(/F)C(C)(F)C(F)(F)F. The Hall–Kier alpha value is -0.680. The average molecular weight is 192 g/mol. The predicted molar refractivity (Wildman–Crippen MR) is 30.5 cm³/mol. The van der Waals surface area contributed by atoms with E-state index in [2.05, 4.69) is 0 Å². The van der Waals surface area contributed by atoms with E-state index in [1.54, 1.807) is 0 Å². The van der Waals surface area contributed by atoms with E-state index in [4.69, 9.17) is 0 Å². The molecule has 0 aromatic heterocycles. The molecule has 1 atom stereocenters. The summed E-state index contributed by atoms with van der Waals surface area (Å²) < 4.78 is 71.4. The zero-order chi connectivity index (χ0) is 10.2. The molecule has 0 N–H and O–H groups in total. The molecule has 0 saturated carbocycles. The van der Waals surface area contributed by atoms with Crippen LogP contribution in [0.2, 0.25) is 0 Å². The second-order valence-electron chi connectivity index (χ2n) is 2.35. The quantitative estimate of drug-likeness (QED) is 0.558. The molecule has 0 aliphatic carbocycles. The minimum Gasteiger partial charge on any atom is -0.226 e. The van der Waals surface area contributed by atoms with Crippen LogP contribution in [0.1, 0.15) is 13.8 Å². The molecule has 0 aliphatic rings. The van der Waals surface area contributed by atoms with Gasteiger partial charge in [0.15, 0.2) is 5.83 Å². The fourth-order valence-electron chi connectivity index (χ4n) is 0.448. The summed E-state index contributed by atoms with van der Waals surface area (Å²) in [6, 6.07) is 0. The molecule has 1 unspecified atom stereocenters. The third kappa shape index (κ3) is 1.92. The number of alkyl halides is 4. The van der Waals surface area contributed by atoms with E-state index in [1.807, 2.05) is 0 Å². The first kappa shape index (κ1) is 11.3. The van der Waals surface area contributed by atoms with Crippen LogP contribution in [-0.2, 0) is 0 Å². The van der Waals surface area contributed by atoms with E-state index in [1.165, 1.54) is 0 Å². The first-order valence-electron chi connectivity index (χ1n) is 2.88. The molecule has 0 nitrogen and oxygen atoms in total. The molecule has 0 heterocycles. The molecule has 0 aliphatic heterocycles. The third-order valence-corrected chi connectivity index (χ3v) is 1.25. The van der Waals surface area contributed by atoms with Gasteiger partial charge in [0.1, 0.15) is 5.83 Å². The summed E-state index contributed by atoms with van der Waals surface area (Å²) in [7, 11) is 0. The molecule has 12 heavy (non-hydrogen) atoms. The summed E-state index contributed by atoms with van der Waals surface area (Å²) in [5.74, 6) is -4.24. The average Bonchev–Trinajstić information content (AvgIpc) is 1.83. The minimum atomic E-state index is -5.44. The van der Waals surface area contributed by atoms with Crippen LogP contribution in [0.4, 0.5) is 26.3 Å². The number of rotatable bonds is 1. The number of hydrogen-bond acceptors (Lipinski definition) is 0. The standard InChI is InChI=1S/C6H6F6/c1-3(7)4(8)5(2,9)6(10,11)12/h1-2H3/b4-3-. The molecular formula is C6H6F6. The van der Waals surface area contributed by atoms with Gasteiger partial charge in [-0.3, -0.25) is 0 Å². The highest BCUT2D eigenvalue weighted by molar-refractivity contribution is 5.13. The van der Waals surface area contributed by atoms with Crippen molar-refractivity contribution in [3.63, 3.8) is 0 Å². The van der Waals surface area contributed by atoms with E-state index in [-0.39, 0.29) is 6.92 Å². The van der Waals surface area contributed by atoms with Crippen LogP contribution in [0.15, 0.2) is 11.7 Å². The Morgan fingerprint density at radius 1 is 1.00 bits per heavy atom. The summed E-state index contributed by atoms with van der Waals surface area (Å²) in [4.78, 5) is 0. The Bertz CT molecular complexity index is 195. The highest BCUT2D eigenvalue weighted by atomic mass is 19.4. The van der Waals surface area contributed by atoms with Crippen LogP contribution in [0, 0.1) is 0 Å². The van der Waals surface area contributed by atoms with Crippen molar-refractivity contribution in [3.8, 4) is 0 Å². The highest BCUT2D eigenvalue weighted by Crippen LogP contribution is 2.41. The molecule has 0 radical (unpaired) electrons. The molecule has 0 aromatic rings. The summed E-state index contributed by atoms with van der Waals surface area (Å²) in [6.07, 6.45) is -5.44. The van der Waals surface area contributed by atoms with Crippen molar-refractivity contribution in [2.24, 2.45) is 0 Å². The Morgan fingerprint density at radius 2 is 1.33 bits per heavy atom. The topological polar surface area (TPSA) is 0 Å². The molecule has 0 saturated heterocycles. The summed E-state index contributed by atoms with van der Waals surface area (Å²) >= 11 is 0. The first-order valence-corrected chi connectivity index (χ1v) is 2.88. The van der Waals surface area contributed by atoms with Crippen molar-refractivity contribution >= 4 is 0 Å². The van der Waals surface area contributed by atoms with Crippen LogP contribution in [0.3, 0.4) is 0 Å². The van der Waals surface area contributed by atoms with Gasteiger partial charge in [0, 0.05) is 0 Å². The van der Waals surface area contributed by atoms with Gasteiger partial charge in [-0.25, -0.2) is 13.2 Å². The second-order valence-corrected chi connectivity index (χ2v) is 2.35. The number of allylic oxidation sites excluding steroid dienone is 2. The molecule has 0 amide bonds. The van der Waals surface area contributed by atoms with Gasteiger partial charge in [0.05, 0.1) is 0 Å². The van der Waals surface area contributed by atoms with Crippen LogP contribution < -0.4 is 0 Å². The summed E-state index contributed by atoms with van der Waals surface area (Å²) in [5.41, 5.74) is -4.24. The van der Waals surface area contributed by atoms with Crippen molar-refractivity contribution in [1.82, 2.24) is 0 Å². The van der Waals surface area contributed by atoms with Gasteiger partial charge in [-0.05, 0) is 13.8 Å². The zero-order valence-electron chi connectivity index (χ0n) is 6.27. The van der Waals surface area contributed by atoms with E-state index in [0.717, 1.165) is 0 Å². The maximum atomic E-state index is 12.4. The van der Waals surface area contributed by atoms with E-state index in [9.17, 15) is 26.3 Å². The molecule has 6 heteroatoms. The van der Waals surface area contributed by atoms with E-state index in [0.29, 0.717) is 6.92 Å². The van der Waals surface area contributed by atoms with Crippen LogP contribution in [-0.4, -0.2) is 11.8 Å². The van der Waals surface area contributed by atoms with Gasteiger partial charge in [0.25, 0.3) is 5.67 Å². The molecular weight excluding hydrogens is 186 g/mol. The van der Waals surface area contributed by atoms with Crippen LogP contribution >= 0.6 is 0 Å². The van der Waals surface area contributed by atoms with Gasteiger partial charge in [-0.15, -0.1) is 0 Å². The highest BCUT2D eigenvalue weighted by Gasteiger charge is 2.56. The number of halogens is 6. The predicted octanol–water partition coefficient (Wildman–Crippen LogP) is 3.45. The molecule has 0 spiro atoms. The Kier molecular flexibility index (Phi) is 2.82. The largest absolute Gasteiger partial charge is 0.428 e. The van der Waals surface area contributed by atoms with E-state index < -0.39 is 23.5 Å². The lowest BCUT2D eigenvalue weighted by atomic mass is 10.1. The van der Waals surface area contributed by atoms with Crippen LogP contribution in [0.25, 0.3) is 0 Å². The minimum absolute atomic E-state index is 0.0780. The third-order valence-electron chi connectivity index (χ3n) is 1.25. The molecule has 0 bridgehead atoms. The summed E-state index contributed by atoms with van der Waals surface area (Å²) in [5, 5.41) is 0. The molecule has 0 rings (SSSR count). The Morgan fingerprint density at radius 3 is 1.42 bits per heavy atom. The van der Waals surface area contributed by atoms with Crippen molar-refractivity contribution in [3.05, 3.63) is 11.7 Å². The molecule has 0 aromatic carbocycles.